The molecule has 1 unspecified atom stereocenters. The average Bonchev–Trinajstić information content (AvgIpc) is 2.72. The molecule has 13 heavy (non-hydrogen) atoms. The van der Waals surface area contributed by atoms with Crippen LogP contribution in [0.15, 0.2) is 0 Å². The molecule has 1 aliphatic heterocycles. The van der Waals surface area contributed by atoms with Gasteiger partial charge in [0.05, 0.1) is 12.6 Å². The van der Waals surface area contributed by atoms with Gasteiger partial charge in [-0.3, -0.25) is 9.67 Å². The molecule has 0 radical (unpaired) electrons. The third kappa shape index (κ3) is 1.52. The summed E-state index contributed by atoms with van der Waals surface area (Å²) in [5, 5.41) is 15.6. The van der Waals surface area contributed by atoms with Crippen molar-refractivity contribution < 1.29 is 9.84 Å². The Balaban J connectivity index is 2.36. The van der Waals surface area contributed by atoms with E-state index in [1.165, 1.54) is 0 Å². The highest BCUT2D eigenvalue weighted by atomic mass is 32.1. The van der Waals surface area contributed by atoms with Gasteiger partial charge in [-0.1, -0.05) is 0 Å². The van der Waals surface area contributed by atoms with E-state index in [1.54, 1.807) is 0 Å². The van der Waals surface area contributed by atoms with Crippen LogP contribution in [0, 0.1) is 4.77 Å². The Hall–Kier alpha value is -0.720. The lowest BCUT2D eigenvalue weighted by Gasteiger charge is -2.10. The van der Waals surface area contributed by atoms with Crippen molar-refractivity contribution in [1.29, 1.82) is 0 Å². The van der Waals surface area contributed by atoms with Crippen LogP contribution in [0.25, 0.3) is 0 Å². The summed E-state index contributed by atoms with van der Waals surface area (Å²) in [5.74, 6) is 0.584. The van der Waals surface area contributed by atoms with Crippen LogP contribution in [0.4, 0.5) is 0 Å². The number of H-pyrrole nitrogens is 1. The predicted octanol–water partition coefficient (Wildman–Crippen LogP) is 0.394. The molecule has 6 heteroatoms. The summed E-state index contributed by atoms with van der Waals surface area (Å²) in [6, 6.07) is 0.230. The fraction of sp³-hybridized carbons (Fsp3) is 0.714. The number of rotatable bonds is 2. The van der Waals surface area contributed by atoms with Crippen LogP contribution in [-0.4, -0.2) is 33.1 Å². The molecule has 2 heterocycles. The zero-order valence-corrected chi connectivity index (χ0v) is 7.88. The van der Waals surface area contributed by atoms with E-state index in [1.807, 2.05) is 4.57 Å². The van der Waals surface area contributed by atoms with Gasteiger partial charge in [-0.2, -0.15) is 5.10 Å². The minimum Gasteiger partial charge on any atom is -0.388 e. The molecule has 0 aromatic carbocycles. The second-order valence-corrected chi connectivity index (χ2v) is 3.38. The van der Waals surface area contributed by atoms with Gasteiger partial charge in [0.25, 0.3) is 0 Å². The lowest BCUT2D eigenvalue weighted by atomic mass is 10.2. The lowest BCUT2D eigenvalue weighted by Crippen LogP contribution is -2.12. The van der Waals surface area contributed by atoms with Crippen molar-refractivity contribution in [2.45, 2.75) is 19.1 Å². The maximum atomic E-state index is 9.00. The van der Waals surface area contributed by atoms with Crippen LogP contribution in [0.1, 0.15) is 18.3 Å². The number of hydrogen-bond acceptors (Lipinski definition) is 4. The van der Waals surface area contributed by atoms with Gasteiger partial charge in [0.1, 0.15) is 6.61 Å². The summed E-state index contributed by atoms with van der Waals surface area (Å²) >= 11 is 5.05. The lowest BCUT2D eigenvalue weighted by molar-refractivity contribution is 0.183. The Morgan fingerprint density at radius 1 is 1.77 bits per heavy atom. The molecule has 1 fully saturated rings. The van der Waals surface area contributed by atoms with E-state index >= 15 is 0 Å². The largest absolute Gasteiger partial charge is 0.388 e. The number of ether oxygens (including phenoxy) is 1. The first-order valence-corrected chi connectivity index (χ1v) is 4.58. The van der Waals surface area contributed by atoms with Crippen molar-refractivity contribution in [3.63, 3.8) is 0 Å². The fourth-order valence-electron chi connectivity index (χ4n) is 1.55. The first-order valence-electron chi connectivity index (χ1n) is 4.17. The van der Waals surface area contributed by atoms with Crippen LogP contribution in [0.2, 0.25) is 0 Å². The third-order valence-electron chi connectivity index (χ3n) is 2.19. The molecule has 0 saturated carbocycles. The molecule has 5 nitrogen and oxygen atoms in total. The zero-order chi connectivity index (χ0) is 9.26. The molecule has 1 atom stereocenters. The fourth-order valence-corrected chi connectivity index (χ4v) is 1.85. The van der Waals surface area contributed by atoms with Crippen molar-refractivity contribution in [3.05, 3.63) is 10.6 Å². The number of aliphatic hydroxyl groups is 1. The Bertz CT molecular complexity index is 340. The van der Waals surface area contributed by atoms with E-state index in [-0.39, 0.29) is 12.6 Å². The van der Waals surface area contributed by atoms with Crippen LogP contribution in [0.3, 0.4) is 0 Å². The van der Waals surface area contributed by atoms with E-state index in [2.05, 4.69) is 10.2 Å². The van der Waals surface area contributed by atoms with Gasteiger partial charge in [-0.25, -0.2) is 0 Å². The topological polar surface area (TPSA) is 63.1 Å². The molecule has 0 amide bonds. The first-order chi connectivity index (χ1) is 6.33. The number of aliphatic hydroxyl groups excluding tert-OH is 1. The molecule has 0 bridgehead atoms. The standard InChI is InChI=1S/C7H11N3O2S/c11-3-6-8-9-7(13)10(6)5-1-2-12-4-5/h5,11H,1-4H2,(H,9,13). The van der Waals surface area contributed by atoms with E-state index in [4.69, 9.17) is 22.1 Å². The van der Waals surface area contributed by atoms with Crippen LogP contribution in [0.5, 0.6) is 0 Å². The molecule has 2 N–H and O–H groups in total. The minimum atomic E-state index is -0.0936. The van der Waals surface area contributed by atoms with Crippen LogP contribution < -0.4 is 0 Å². The van der Waals surface area contributed by atoms with Gasteiger partial charge in [-0.15, -0.1) is 0 Å². The molecule has 72 valence electrons. The van der Waals surface area contributed by atoms with Gasteiger partial charge >= 0.3 is 0 Å². The summed E-state index contributed by atoms with van der Waals surface area (Å²) in [6.07, 6.45) is 0.931. The van der Waals surface area contributed by atoms with Gasteiger partial charge in [0.2, 0.25) is 0 Å². The minimum absolute atomic E-state index is 0.0936. The van der Waals surface area contributed by atoms with Gasteiger partial charge < -0.3 is 9.84 Å². The third-order valence-corrected chi connectivity index (χ3v) is 2.48. The number of nitrogens with zero attached hydrogens (tertiary/aromatic N) is 2. The molecule has 1 aliphatic rings. The van der Waals surface area contributed by atoms with E-state index in [9.17, 15) is 0 Å². The highest BCUT2D eigenvalue weighted by molar-refractivity contribution is 7.71. The quantitative estimate of drug-likeness (QED) is 0.680. The highest BCUT2D eigenvalue weighted by Crippen LogP contribution is 2.20. The average molecular weight is 201 g/mol. The summed E-state index contributed by atoms with van der Waals surface area (Å²) in [5.41, 5.74) is 0. The van der Waals surface area contributed by atoms with Crippen LogP contribution >= 0.6 is 12.2 Å². The van der Waals surface area contributed by atoms with E-state index in [0.29, 0.717) is 17.2 Å². The smallest absolute Gasteiger partial charge is 0.195 e. The van der Waals surface area contributed by atoms with Crippen molar-refractivity contribution in [3.8, 4) is 0 Å². The maximum Gasteiger partial charge on any atom is 0.195 e. The first kappa shape index (κ1) is 8.86. The second-order valence-electron chi connectivity index (χ2n) is 2.99. The van der Waals surface area contributed by atoms with Gasteiger partial charge in [0.15, 0.2) is 10.6 Å². The molecule has 0 aliphatic carbocycles. The molecule has 1 saturated heterocycles. The summed E-state index contributed by atoms with van der Waals surface area (Å²) < 4.78 is 7.64. The normalized spacial score (nSPS) is 22.4. The highest BCUT2D eigenvalue weighted by Gasteiger charge is 2.21. The molecular weight excluding hydrogens is 190 g/mol. The Morgan fingerprint density at radius 2 is 2.62 bits per heavy atom. The van der Waals surface area contributed by atoms with Crippen LogP contribution in [-0.2, 0) is 11.3 Å². The SMILES string of the molecule is OCc1n[nH]c(=S)n1C1CCOC1. The zero-order valence-electron chi connectivity index (χ0n) is 7.06. The van der Waals surface area contributed by atoms with E-state index < -0.39 is 0 Å². The monoisotopic (exact) mass is 201 g/mol. The van der Waals surface area contributed by atoms with Gasteiger partial charge in [0, 0.05) is 6.61 Å². The molecule has 0 spiro atoms. The van der Waals surface area contributed by atoms with Crippen molar-refractivity contribution in [1.82, 2.24) is 14.8 Å². The van der Waals surface area contributed by atoms with E-state index in [0.717, 1.165) is 13.0 Å². The summed E-state index contributed by atoms with van der Waals surface area (Å²) in [6.45, 7) is 1.31. The number of hydrogen-bond donors (Lipinski definition) is 2. The van der Waals surface area contributed by atoms with Gasteiger partial charge in [-0.05, 0) is 18.6 Å². The number of aromatic nitrogens is 3. The van der Waals surface area contributed by atoms with Crippen molar-refractivity contribution in [2.75, 3.05) is 13.2 Å². The molecular formula is C7H11N3O2S. The number of nitrogens with one attached hydrogen (secondary N) is 1. The summed E-state index contributed by atoms with van der Waals surface area (Å²) in [7, 11) is 0. The second kappa shape index (κ2) is 3.57. The summed E-state index contributed by atoms with van der Waals surface area (Å²) in [4.78, 5) is 0. The van der Waals surface area contributed by atoms with Crippen molar-refractivity contribution >= 4 is 12.2 Å². The molecule has 1 aromatic rings. The predicted molar refractivity (Wildman–Crippen MR) is 47.8 cm³/mol. The molecule has 2 rings (SSSR count). The Kier molecular flexibility index (Phi) is 2.43. The maximum absolute atomic E-state index is 9.00. The van der Waals surface area contributed by atoms with Crippen molar-refractivity contribution in [2.24, 2.45) is 0 Å². The Morgan fingerprint density at radius 3 is 3.23 bits per heavy atom. The number of aromatic amines is 1. The molecule has 1 aromatic heterocycles. The Labute approximate surface area is 80.3 Å².